The molecular formula is C18H23N5. The maximum atomic E-state index is 9.11. The summed E-state index contributed by atoms with van der Waals surface area (Å²) in [6.07, 6.45) is 9.54. The summed E-state index contributed by atoms with van der Waals surface area (Å²) in [6, 6.07) is 4.54. The molecule has 2 aromatic heterocycles. The van der Waals surface area contributed by atoms with Crippen molar-refractivity contribution >= 4 is 11.5 Å². The summed E-state index contributed by atoms with van der Waals surface area (Å²) >= 11 is 0. The number of rotatable bonds is 2. The molecule has 5 nitrogen and oxygen atoms in total. The third-order valence-electron chi connectivity index (χ3n) is 5.32. The van der Waals surface area contributed by atoms with Crippen molar-refractivity contribution in [1.82, 2.24) is 14.6 Å². The monoisotopic (exact) mass is 309 g/mol. The predicted molar refractivity (Wildman–Crippen MR) is 89.5 cm³/mol. The van der Waals surface area contributed by atoms with E-state index in [4.69, 9.17) is 15.3 Å². The van der Waals surface area contributed by atoms with E-state index in [9.17, 15) is 0 Å². The van der Waals surface area contributed by atoms with Gasteiger partial charge in [-0.25, -0.2) is 9.50 Å². The molecule has 120 valence electrons. The number of aromatic nitrogens is 3. The fourth-order valence-corrected chi connectivity index (χ4v) is 4.00. The smallest absolute Gasteiger partial charge is 0.157 e. The molecule has 1 atom stereocenters. The van der Waals surface area contributed by atoms with Crippen LogP contribution in [0.5, 0.6) is 0 Å². The Morgan fingerprint density at radius 1 is 1.22 bits per heavy atom. The Morgan fingerprint density at radius 3 is 2.78 bits per heavy atom. The van der Waals surface area contributed by atoms with Crippen LogP contribution in [-0.2, 0) is 0 Å². The van der Waals surface area contributed by atoms with Crippen molar-refractivity contribution < 1.29 is 0 Å². The van der Waals surface area contributed by atoms with Gasteiger partial charge in [0, 0.05) is 36.8 Å². The Bertz CT molecular complexity index is 751. The molecule has 0 radical (unpaired) electrons. The minimum absolute atomic E-state index is 0.134. The minimum Gasteiger partial charge on any atom is -0.355 e. The first kappa shape index (κ1) is 14.5. The van der Waals surface area contributed by atoms with Crippen LogP contribution < -0.4 is 4.90 Å². The van der Waals surface area contributed by atoms with Gasteiger partial charge in [0.25, 0.3) is 0 Å². The average Bonchev–Trinajstić information content (AvgIpc) is 3.21. The molecule has 4 rings (SSSR count). The van der Waals surface area contributed by atoms with E-state index in [1.807, 2.05) is 4.52 Å². The molecule has 3 heterocycles. The normalized spacial score (nSPS) is 22.6. The van der Waals surface area contributed by atoms with E-state index < -0.39 is 0 Å². The molecule has 1 saturated carbocycles. The molecule has 2 aliphatic rings. The number of aryl methyl sites for hydroxylation is 1. The van der Waals surface area contributed by atoms with Crippen molar-refractivity contribution in [1.29, 1.82) is 5.26 Å². The summed E-state index contributed by atoms with van der Waals surface area (Å²) in [5.41, 5.74) is 3.27. The maximum absolute atomic E-state index is 9.11. The van der Waals surface area contributed by atoms with Crippen molar-refractivity contribution in [3.05, 3.63) is 23.5 Å². The minimum atomic E-state index is 0.134. The van der Waals surface area contributed by atoms with Gasteiger partial charge in [0.05, 0.1) is 17.7 Å². The summed E-state index contributed by atoms with van der Waals surface area (Å²) < 4.78 is 1.93. The fraction of sp³-hybridized carbons (Fsp3) is 0.611. The van der Waals surface area contributed by atoms with E-state index in [0.29, 0.717) is 5.92 Å². The number of nitriles is 1. The lowest BCUT2D eigenvalue weighted by Crippen LogP contribution is -2.22. The number of anilines is 1. The lowest BCUT2D eigenvalue weighted by molar-refractivity contribution is 0.435. The highest BCUT2D eigenvalue weighted by atomic mass is 15.3. The number of hydrogen-bond acceptors (Lipinski definition) is 4. The molecule has 0 aromatic carbocycles. The zero-order chi connectivity index (χ0) is 15.8. The molecule has 1 unspecified atom stereocenters. The van der Waals surface area contributed by atoms with Crippen molar-refractivity contribution in [3.63, 3.8) is 0 Å². The van der Waals surface area contributed by atoms with Crippen LogP contribution in [0.3, 0.4) is 0 Å². The van der Waals surface area contributed by atoms with E-state index in [1.54, 1.807) is 0 Å². The van der Waals surface area contributed by atoms with E-state index in [2.05, 4.69) is 30.2 Å². The van der Waals surface area contributed by atoms with Gasteiger partial charge in [-0.2, -0.15) is 10.4 Å². The van der Waals surface area contributed by atoms with Crippen LogP contribution in [0.4, 0.5) is 5.82 Å². The number of nitrogens with zero attached hydrogens (tertiary/aromatic N) is 5. The molecule has 1 aliphatic heterocycles. The lowest BCUT2D eigenvalue weighted by atomic mass is 9.87. The van der Waals surface area contributed by atoms with Gasteiger partial charge in [0.2, 0.25) is 0 Å². The zero-order valence-corrected chi connectivity index (χ0v) is 13.7. The lowest BCUT2D eigenvalue weighted by Gasteiger charge is -2.19. The Kier molecular flexibility index (Phi) is 3.68. The Labute approximate surface area is 136 Å². The Hall–Kier alpha value is -2.09. The first-order valence-electron chi connectivity index (χ1n) is 8.76. The van der Waals surface area contributed by atoms with Gasteiger partial charge in [0.1, 0.15) is 5.82 Å². The van der Waals surface area contributed by atoms with Gasteiger partial charge in [-0.1, -0.05) is 19.3 Å². The van der Waals surface area contributed by atoms with Crippen LogP contribution >= 0.6 is 0 Å². The van der Waals surface area contributed by atoms with E-state index >= 15 is 0 Å². The largest absolute Gasteiger partial charge is 0.355 e. The predicted octanol–water partition coefficient (Wildman–Crippen LogP) is 3.44. The third-order valence-corrected chi connectivity index (χ3v) is 5.32. The van der Waals surface area contributed by atoms with Crippen molar-refractivity contribution in [2.75, 3.05) is 18.0 Å². The number of fused-ring (bicyclic) bond motifs is 1. The van der Waals surface area contributed by atoms with Gasteiger partial charge in [0.15, 0.2) is 5.65 Å². The van der Waals surface area contributed by atoms with Crippen LogP contribution in [-0.4, -0.2) is 27.7 Å². The van der Waals surface area contributed by atoms with Crippen LogP contribution in [0.15, 0.2) is 12.3 Å². The highest BCUT2D eigenvalue weighted by molar-refractivity contribution is 5.54. The van der Waals surface area contributed by atoms with E-state index in [0.717, 1.165) is 36.5 Å². The van der Waals surface area contributed by atoms with Crippen molar-refractivity contribution in [2.45, 2.75) is 51.4 Å². The van der Waals surface area contributed by atoms with Gasteiger partial charge < -0.3 is 4.90 Å². The second-order valence-electron chi connectivity index (χ2n) is 7.02. The standard InChI is InChI=1S/C18H23N5/c1-13-11-23-17(9-16(21-23)15-5-3-2-4-6-15)20-18(13)22-8-7-14(10-19)12-22/h9,11,14-15H,2-8,12H2,1H3. The summed E-state index contributed by atoms with van der Waals surface area (Å²) in [5, 5.41) is 13.9. The number of hydrogen-bond donors (Lipinski definition) is 0. The first-order valence-corrected chi connectivity index (χ1v) is 8.76. The molecule has 0 amide bonds. The highest BCUT2D eigenvalue weighted by Crippen LogP contribution is 2.33. The van der Waals surface area contributed by atoms with Crippen molar-refractivity contribution in [3.8, 4) is 6.07 Å². The third kappa shape index (κ3) is 2.67. The average molecular weight is 309 g/mol. The molecule has 0 bridgehead atoms. The molecule has 2 aromatic rings. The van der Waals surface area contributed by atoms with Gasteiger partial charge >= 0.3 is 0 Å². The molecule has 1 saturated heterocycles. The summed E-state index contributed by atoms with van der Waals surface area (Å²) in [5.74, 6) is 1.75. The maximum Gasteiger partial charge on any atom is 0.157 e. The van der Waals surface area contributed by atoms with E-state index in [-0.39, 0.29) is 5.92 Å². The molecular weight excluding hydrogens is 286 g/mol. The van der Waals surface area contributed by atoms with Crippen molar-refractivity contribution in [2.24, 2.45) is 5.92 Å². The Morgan fingerprint density at radius 2 is 2.04 bits per heavy atom. The van der Waals surface area contributed by atoms with Gasteiger partial charge in [-0.15, -0.1) is 0 Å². The second-order valence-corrected chi connectivity index (χ2v) is 7.02. The molecule has 0 spiro atoms. The summed E-state index contributed by atoms with van der Waals surface area (Å²) in [7, 11) is 0. The molecule has 2 fully saturated rings. The summed E-state index contributed by atoms with van der Waals surface area (Å²) in [4.78, 5) is 7.10. The zero-order valence-electron chi connectivity index (χ0n) is 13.7. The molecule has 1 aliphatic carbocycles. The molecule has 0 N–H and O–H groups in total. The topological polar surface area (TPSA) is 57.2 Å². The van der Waals surface area contributed by atoms with Crippen LogP contribution in [0.2, 0.25) is 0 Å². The molecule has 23 heavy (non-hydrogen) atoms. The fourth-order valence-electron chi connectivity index (χ4n) is 4.00. The first-order chi connectivity index (χ1) is 11.2. The Balaban J connectivity index is 1.65. The van der Waals surface area contributed by atoms with Gasteiger partial charge in [-0.05, 0) is 26.2 Å². The second kappa shape index (κ2) is 5.84. The van der Waals surface area contributed by atoms with Gasteiger partial charge in [-0.3, -0.25) is 0 Å². The quantitative estimate of drug-likeness (QED) is 0.852. The molecule has 5 heteroatoms. The van der Waals surface area contributed by atoms with Crippen LogP contribution in [0.25, 0.3) is 5.65 Å². The SMILES string of the molecule is Cc1cn2nc(C3CCCCC3)cc2nc1N1CCC(C#N)C1. The summed E-state index contributed by atoms with van der Waals surface area (Å²) in [6.45, 7) is 3.80. The van der Waals surface area contributed by atoms with E-state index in [1.165, 1.54) is 37.8 Å². The van der Waals surface area contributed by atoms with Crippen LogP contribution in [0.1, 0.15) is 55.7 Å². The van der Waals surface area contributed by atoms with Crippen LogP contribution in [0, 0.1) is 24.2 Å². The highest BCUT2D eigenvalue weighted by Gasteiger charge is 2.25.